The highest BCUT2D eigenvalue weighted by molar-refractivity contribution is 5.99. The molecule has 115 heavy (non-hydrogen) atoms. The summed E-state index contributed by atoms with van der Waals surface area (Å²) in [6.45, 7) is 7.77. The van der Waals surface area contributed by atoms with Gasteiger partial charge in [-0.2, -0.15) is 0 Å². The van der Waals surface area contributed by atoms with Crippen LogP contribution in [0.5, 0.6) is 17.2 Å². The standard InChI is InChI=1S/C103H64F8N2O2/c1-3-61-21-41-73(42-22-61)114-75-45-25-63(26-46-75)101(89-53-55-95(106)99(110)97(89)108)85-17-9-5-13-77(85)81-49-37-69(57-91(81)101)112(67-33-29-65(104)30-34-67)71-39-51-83-79-15-7-11-19-87(79)103(93(83)59-71)88-20-12-8-16-80(88)84-52-40-72(60-94(84)103)113(68-35-31-66(105)32-36-68)70-38-50-82-78-14-6-10-18-86(78)102(92(82)58-70,90-54-56-96(107)100(111)98(90)109)64-27-47-76(48-28-64)115-74-43-23-62(4-2)24-44-74/h3-43,45-60,74H,1-2,44H2. The Morgan fingerprint density at radius 2 is 0.643 bits per heavy atom. The smallest absolute Gasteiger partial charge is 0.194 e. The van der Waals surface area contributed by atoms with Crippen LogP contribution in [0, 0.1) is 46.5 Å². The minimum Gasteiger partial charge on any atom is -0.486 e. The van der Waals surface area contributed by atoms with Crippen molar-refractivity contribution in [3.8, 4) is 61.8 Å². The van der Waals surface area contributed by atoms with Crippen LogP contribution < -0.4 is 19.3 Å². The lowest BCUT2D eigenvalue weighted by Gasteiger charge is -2.36. The van der Waals surface area contributed by atoms with Crippen LogP contribution in [-0.4, -0.2) is 6.10 Å². The first-order valence-electron chi connectivity index (χ1n) is 37.8. The molecule has 0 saturated heterocycles. The number of rotatable bonds is 16. The monoisotopic (exact) mass is 1510 g/mol. The zero-order valence-electron chi connectivity index (χ0n) is 61.3. The first-order valence-corrected chi connectivity index (χ1v) is 37.8. The molecule has 0 fully saturated rings. The largest absolute Gasteiger partial charge is 0.486 e. The molecule has 0 aliphatic heterocycles. The molecule has 15 aromatic rings. The maximum Gasteiger partial charge on any atom is 0.194 e. The quantitative estimate of drug-likeness (QED) is 0.0711. The van der Waals surface area contributed by atoms with Crippen LogP contribution >= 0.6 is 0 Å². The van der Waals surface area contributed by atoms with E-state index in [2.05, 4.69) is 61.7 Å². The van der Waals surface area contributed by atoms with Gasteiger partial charge in [-0.1, -0.05) is 207 Å². The van der Waals surface area contributed by atoms with Gasteiger partial charge in [-0.05, 0) is 263 Å². The van der Waals surface area contributed by atoms with Gasteiger partial charge >= 0.3 is 0 Å². The van der Waals surface area contributed by atoms with Gasteiger partial charge in [0.2, 0.25) is 0 Å². The molecule has 554 valence electrons. The van der Waals surface area contributed by atoms with E-state index in [9.17, 15) is 0 Å². The minimum absolute atomic E-state index is 0.117. The summed E-state index contributed by atoms with van der Waals surface area (Å²) >= 11 is 0. The summed E-state index contributed by atoms with van der Waals surface area (Å²) in [4.78, 5) is 4.06. The number of fused-ring (bicyclic) bond motifs is 16. The lowest BCUT2D eigenvalue weighted by molar-refractivity contribution is 0.251. The summed E-state index contributed by atoms with van der Waals surface area (Å²) in [7, 11) is 0. The van der Waals surface area contributed by atoms with E-state index in [1.165, 1.54) is 36.4 Å². The molecule has 4 nitrogen and oxygen atoms in total. The van der Waals surface area contributed by atoms with Crippen LogP contribution in [0.1, 0.15) is 78.7 Å². The van der Waals surface area contributed by atoms with E-state index >= 15 is 35.1 Å². The highest BCUT2D eigenvalue weighted by atomic mass is 19.2. The second-order valence-electron chi connectivity index (χ2n) is 29.5. The van der Waals surface area contributed by atoms with E-state index in [1.54, 1.807) is 48.6 Å². The molecule has 0 N–H and O–H groups in total. The summed E-state index contributed by atoms with van der Waals surface area (Å²) in [5.41, 5.74) is 14.9. The van der Waals surface area contributed by atoms with Crippen LogP contribution in [-0.2, 0) is 16.2 Å². The van der Waals surface area contributed by atoms with Gasteiger partial charge in [-0.3, -0.25) is 0 Å². The van der Waals surface area contributed by atoms with Crippen molar-refractivity contribution in [1.82, 2.24) is 0 Å². The van der Waals surface area contributed by atoms with Crippen molar-refractivity contribution in [3.05, 3.63) is 477 Å². The number of benzene rings is 15. The number of halogens is 8. The Kier molecular flexibility index (Phi) is 16.5. The third-order valence-corrected chi connectivity index (χ3v) is 23.7. The maximum absolute atomic E-state index is 17.5. The predicted octanol–water partition coefficient (Wildman–Crippen LogP) is 27.1. The molecule has 4 unspecified atom stereocenters. The molecule has 20 rings (SSSR count). The van der Waals surface area contributed by atoms with E-state index in [4.69, 9.17) is 9.47 Å². The van der Waals surface area contributed by atoms with Crippen molar-refractivity contribution in [2.45, 2.75) is 28.8 Å². The topological polar surface area (TPSA) is 24.9 Å². The molecule has 5 aliphatic carbocycles. The molecule has 0 saturated carbocycles. The van der Waals surface area contributed by atoms with E-state index in [1.807, 2.05) is 210 Å². The zero-order valence-corrected chi connectivity index (χ0v) is 61.3. The van der Waals surface area contributed by atoms with E-state index < -0.39 is 62.8 Å². The van der Waals surface area contributed by atoms with Gasteiger partial charge in [0, 0.05) is 51.7 Å². The van der Waals surface area contributed by atoms with Crippen LogP contribution in [0.4, 0.5) is 69.2 Å². The second-order valence-corrected chi connectivity index (χ2v) is 29.5. The van der Waals surface area contributed by atoms with Gasteiger partial charge in [0.05, 0.1) is 16.2 Å². The van der Waals surface area contributed by atoms with Crippen molar-refractivity contribution in [1.29, 1.82) is 0 Å². The third kappa shape index (κ3) is 10.6. The maximum atomic E-state index is 17.5. The van der Waals surface area contributed by atoms with Gasteiger partial charge in [0.1, 0.15) is 35.0 Å². The fraction of sp³-hybridized carbons (Fsp3) is 0.0485. The van der Waals surface area contributed by atoms with Crippen LogP contribution in [0.2, 0.25) is 0 Å². The Hall–Kier alpha value is -14.1. The molecule has 0 amide bonds. The van der Waals surface area contributed by atoms with E-state index in [0.29, 0.717) is 96.7 Å². The average Bonchev–Trinajstić information content (AvgIpc) is 1.51. The third-order valence-electron chi connectivity index (χ3n) is 23.7. The summed E-state index contributed by atoms with van der Waals surface area (Å²) < 4.78 is 143. The van der Waals surface area contributed by atoms with E-state index in [0.717, 1.165) is 84.5 Å². The fourth-order valence-corrected chi connectivity index (χ4v) is 18.8. The summed E-state index contributed by atoms with van der Waals surface area (Å²) in [5.74, 6) is -7.99. The van der Waals surface area contributed by atoms with E-state index in [-0.39, 0.29) is 17.2 Å². The van der Waals surface area contributed by atoms with Crippen LogP contribution in [0.15, 0.2) is 358 Å². The fourth-order valence-electron chi connectivity index (χ4n) is 18.8. The molecule has 4 atom stereocenters. The number of nitrogens with zero attached hydrogens (tertiary/aromatic N) is 2. The number of allylic oxidation sites excluding steroid dienone is 3. The highest BCUT2D eigenvalue weighted by Gasteiger charge is 2.54. The normalized spacial score (nSPS) is 17.3. The highest BCUT2D eigenvalue weighted by Crippen LogP contribution is 2.66. The Balaban J connectivity index is 0.771. The molecule has 0 aromatic heterocycles. The van der Waals surface area contributed by atoms with Gasteiger partial charge in [-0.15, -0.1) is 0 Å². The first-order chi connectivity index (χ1) is 56.2. The number of ether oxygens (including phenoxy) is 2. The van der Waals surface area contributed by atoms with Gasteiger partial charge in [-0.25, -0.2) is 35.1 Å². The van der Waals surface area contributed by atoms with Gasteiger partial charge in [0.25, 0.3) is 0 Å². The van der Waals surface area contributed by atoms with Crippen molar-refractivity contribution >= 4 is 40.2 Å². The van der Waals surface area contributed by atoms with Crippen molar-refractivity contribution in [2.75, 3.05) is 9.80 Å². The van der Waals surface area contributed by atoms with Gasteiger partial charge < -0.3 is 19.3 Å². The Morgan fingerprint density at radius 3 is 1.01 bits per heavy atom. The number of hydrogen-bond acceptors (Lipinski definition) is 4. The first kappa shape index (κ1) is 70.0. The molecule has 1 spiro atoms. The van der Waals surface area contributed by atoms with Crippen LogP contribution in [0.25, 0.3) is 50.6 Å². The SMILES string of the molecule is C=CC1=CCC(Oc2ccc(C3(c4ccc(F)c(F)c4F)c4ccccc4-c4ccc(N(c5ccc(F)cc5)c5ccc6c(c5)C5(c7ccccc7-c7ccc(N(c8ccc(F)cc8)c8ccc9c(c8)C(c8ccc(Oc%10ccc(C=C)cc%10)cc8)(c8ccc(F)c(F)c8F)c8ccccc8-9)cc75)c5ccccc5-6)cc43)cc2)C=C1. The molecule has 0 heterocycles. The molecule has 5 aliphatic rings. The Bertz CT molecular complexity index is 6570. The summed E-state index contributed by atoms with van der Waals surface area (Å²) in [6, 6.07) is 95.3. The zero-order chi connectivity index (χ0) is 78.2. The van der Waals surface area contributed by atoms with Crippen molar-refractivity contribution in [3.63, 3.8) is 0 Å². The molecule has 12 heteroatoms. The second kappa shape index (κ2) is 27.1. The van der Waals surface area contributed by atoms with Gasteiger partial charge in [0.15, 0.2) is 34.9 Å². The molecule has 0 bridgehead atoms. The van der Waals surface area contributed by atoms with Crippen LogP contribution in [0.3, 0.4) is 0 Å². The average molecular weight is 1510 g/mol. The summed E-state index contributed by atoms with van der Waals surface area (Å²) in [6.07, 6.45) is 9.80. The number of anilines is 6. The van der Waals surface area contributed by atoms with Crippen molar-refractivity contribution < 1.29 is 44.6 Å². The number of hydrogen-bond donors (Lipinski definition) is 0. The van der Waals surface area contributed by atoms with Crippen molar-refractivity contribution in [2.24, 2.45) is 0 Å². The molecular formula is C103H64F8N2O2. The molecule has 0 radical (unpaired) electrons. The Morgan fingerprint density at radius 1 is 0.304 bits per heavy atom. The Labute approximate surface area is 658 Å². The lowest BCUT2D eigenvalue weighted by atomic mass is 9.67. The summed E-state index contributed by atoms with van der Waals surface area (Å²) in [5, 5.41) is 0. The lowest BCUT2D eigenvalue weighted by Crippen LogP contribution is -2.30. The predicted molar refractivity (Wildman–Crippen MR) is 439 cm³/mol. The molecule has 15 aromatic carbocycles. The minimum atomic E-state index is -1.63. The molecular weight excluding hydrogens is 1450 g/mol.